The van der Waals surface area contributed by atoms with Gasteiger partial charge in [0.05, 0.1) is 18.8 Å². The third kappa shape index (κ3) is 6.44. The van der Waals surface area contributed by atoms with Crippen LogP contribution in [0.2, 0.25) is 0 Å². The summed E-state index contributed by atoms with van der Waals surface area (Å²) in [4.78, 5) is 23.3. The fourth-order valence-electron chi connectivity index (χ4n) is 4.10. The summed E-state index contributed by atoms with van der Waals surface area (Å²) in [7, 11) is 1.69. The Bertz CT molecular complexity index is 1040. The van der Waals surface area contributed by atoms with Crippen molar-refractivity contribution in [2.75, 3.05) is 26.7 Å². The van der Waals surface area contributed by atoms with E-state index < -0.39 is 0 Å². The average molecular weight is 446 g/mol. The number of nitrogens with zero attached hydrogens (tertiary/aromatic N) is 3. The van der Waals surface area contributed by atoms with Gasteiger partial charge in [-0.3, -0.25) is 9.79 Å². The second-order valence-electron chi connectivity index (χ2n) is 8.30. The molecule has 1 amide bonds. The summed E-state index contributed by atoms with van der Waals surface area (Å²) in [5, 5.41) is 6.30. The van der Waals surface area contributed by atoms with Gasteiger partial charge in [-0.2, -0.15) is 0 Å². The van der Waals surface area contributed by atoms with Crippen molar-refractivity contribution >= 4 is 11.9 Å². The molecule has 0 aliphatic carbocycles. The molecule has 7 nitrogen and oxygen atoms in total. The Morgan fingerprint density at radius 1 is 1.06 bits per heavy atom. The summed E-state index contributed by atoms with van der Waals surface area (Å²) >= 11 is 0. The minimum Gasteiger partial charge on any atom is -0.444 e. The van der Waals surface area contributed by atoms with Crippen molar-refractivity contribution in [1.29, 1.82) is 0 Å². The van der Waals surface area contributed by atoms with Crippen LogP contribution in [-0.4, -0.2) is 48.4 Å². The van der Waals surface area contributed by atoms with Crippen LogP contribution in [0, 0.1) is 5.92 Å². The van der Waals surface area contributed by atoms with Gasteiger partial charge < -0.3 is 20.0 Å². The molecule has 1 fully saturated rings. The number of nitrogens with one attached hydrogen (secondary N) is 2. The lowest BCUT2D eigenvalue weighted by Crippen LogP contribution is -2.46. The number of carbonyl (C=O) groups excluding carboxylic acids is 1. The lowest BCUT2D eigenvalue weighted by atomic mass is 9.90. The molecule has 0 spiro atoms. The van der Waals surface area contributed by atoms with Gasteiger partial charge in [-0.05, 0) is 42.9 Å². The van der Waals surface area contributed by atoms with Crippen LogP contribution in [0.15, 0.2) is 76.3 Å². The predicted molar refractivity (Wildman–Crippen MR) is 130 cm³/mol. The molecule has 4 rings (SSSR count). The van der Waals surface area contributed by atoms with E-state index in [2.05, 4.69) is 44.9 Å². The van der Waals surface area contributed by atoms with Gasteiger partial charge >= 0.3 is 0 Å². The minimum atomic E-state index is 0.101. The molecule has 172 valence electrons. The number of amides is 1. The Kier molecular flexibility index (Phi) is 7.74. The largest absolute Gasteiger partial charge is 0.444 e. The Morgan fingerprint density at radius 2 is 1.76 bits per heavy atom. The van der Waals surface area contributed by atoms with Gasteiger partial charge in [0.25, 0.3) is 0 Å². The van der Waals surface area contributed by atoms with E-state index in [-0.39, 0.29) is 12.5 Å². The van der Waals surface area contributed by atoms with Crippen molar-refractivity contribution in [3.8, 4) is 11.5 Å². The fourth-order valence-corrected chi connectivity index (χ4v) is 4.10. The average Bonchev–Trinajstić information content (AvgIpc) is 3.35. The van der Waals surface area contributed by atoms with Crippen molar-refractivity contribution in [3.63, 3.8) is 0 Å². The Hall–Kier alpha value is -3.61. The highest BCUT2D eigenvalue weighted by Gasteiger charge is 2.23. The van der Waals surface area contributed by atoms with Gasteiger partial charge in [0.1, 0.15) is 6.26 Å². The highest BCUT2D eigenvalue weighted by molar-refractivity contribution is 5.86. The molecule has 33 heavy (non-hydrogen) atoms. The van der Waals surface area contributed by atoms with E-state index in [1.54, 1.807) is 13.3 Å². The maximum atomic E-state index is 12.7. The number of aromatic nitrogens is 1. The normalized spacial score (nSPS) is 14.8. The third-order valence-electron chi connectivity index (χ3n) is 5.97. The SMILES string of the molecule is CN=C(NCC(=O)N1CCC(Cc2ccccc2)CC1)NCc1coc(-c2ccccc2)n1. The number of benzene rings is 2. The number of aliphatic imine (C=N–C) groups is 1. The maximum Gasteiger partial charge on any atom is 0.241 e. The number of hydrogen-bond acceptors (Lipinski definition) is 4. The van der Waals surface area contributed by atoms with Crippen molar-refractivity contribution in [3.05, 3.63) is 78.2 Å². The quantitative estimate of drug-likeness (QED) is 0.430. The molecule has 1 aliphatic rings. The monoisotopic (exact) mass is 445 g/mol. The first-order chi connectivity index (χ1) is 16.2. The van der Waals surface area contributed by atoms with E-state index in [1.807, 2.05) is 41.3 Å². The van der Waals surface area contributed by atoms with E-state index in [1.165, 1.54) is 5.56 Å². The zero-order valence-electron chi connectivity index (χ0n) is 19.0. The van der Waals surface area contributed by atoms with Gasteiger partial charge in [-0.25, -0.2) is 4.98 Å². The molecule has 0 atom stereocenters. The van der Waals surface area contributed by atoms with Gasteiger partial charge in [0, 0.05) is 25.7 Å². The standard InChI is InChI=1S/C26H31N5O2/c1-27-26(28-17-23-19-33-25(30-23)22-10-6-3-7-11-22)29-18-24(32)31-14-12-21(13-15-31)16-20-8-4-2-5-9-20/h2-11,19,21H,12-18H2,1H3,(H2,27,28,29). The summed E-state index contributed by atoms with van der Waals surface area (Å²) in [6.07, 6.45) is 4.81. The molecule has 1 aromatic heterocycles. The van der Waals surface area contributed by atoms with E-state index in [0.717, 1.165) is 43.6 Å². The lowest BCUT2D eigenvalue weighted by Gasteiger charge is -2.32. The minimum absolute atomic E-state index is 0.101. The molecule has 0 saturated carbocycles. The second kappa shape index (κ2) is 11.3. The van der Waals surface area contributed by atoms with Crippen LogP contribution in [0.3, 0.4) is 0 Å². The molecule has 3 aromatic rings. The molecule has 2 aromatic carbocycles. The number of oxazole rings is 1. The van der Waals surface area contributed by atoms with Gasteiger partial charge in [-0.1, -0.05) is 48.5 Å². The first-order valence-electron chi connectivity index (χ1n) is 11.5. The second-order valence-corrected chi connectivity index (χ2v) is 8.30. The van der Waals surface area contributed by atoms with E-state index in [0.29, 0.717) is 24.3 Å². The number of guanidine groups is 1. The summed E-state index contributed by atoms with van der Waals surface area (Å²) < 4.78 is 5.57. The highest BCUT2D eigenvalue weighted by atomic mass is 16.3. The van der Waals surface area contributed by atoms with Crippen LogP contribution in [-0.2, 0) is 17.8 Å². The fraction of sp³-hybridized carbons (Fsp3) is 0.346. The number of carbonyl (C=O) groups is 1. The van der Waals surface area contributed by atoms with Crippen LogP contribution in [0.25, 0.3) is 11.5 Å². The highest BCUT2D eigenvalue weighted by Crippen LogP contribution is 2.21. The van der Waals surface area contributed by atoms with Crippen molar-refractivity contribution in [2.24, 2.45) is 10.9 Å². The molecular formula is C26H31N5O2. The molecule has 0 unspecified atom stereocenters. The Balaban J connectivity index is 1.18. The molecule has 2 N–H and O–H groups in total. The molecular weight excluding hydrogens is 414 g/mol. The molecule has 7 heteroatoms. The zero-order chi connectivity index (χ0) is 22.9. The van der Waals surface area contributed by atoms with E-state index >= 15 is 0 Å². The van der Waals surface area contributed by atoms with Gasteiger partial charge in [0.2, 0.25) is 11.8 Å². The first kappa shape index (κ1) is 22.6. The molecule has 1 saturated heterocycles. The van der Waals surface area contributed by atoms with Crippen molar-refractivity contribution in [2.45, 2.75) is 25.8 Å². The van der Waals surface area contributed by atoms with Crippen molar-refractivity contribution < 1.29 is 9.21 Å². The maximum absolute atomic E-state index is 12.7. The van der Waals surface area contributed by atoms with Crippen LogP contribution in [0.5, 0.6) is 0 Å². The van der Waals surface area contributed by atoms with Gasteiger partial charge in [0.15, 0.2) is 5.96 Å². The summed E-state index contributed by atoms with van der Waals surface area (Å²) in [5.74, 6) is 1.89. The van der Waals surface area contributed by atoms with E-state index in [4.69, 9.17) is 4.42 Å². The van der Waals surface area contributed by atoms with Crippen LogP contribution >= 0.6 is 0 Å². The Labute approximate surface area is 194 Å². The molecule has 1 aliphatic heterocycles. The topological polar surface area (TPSA) is 82.8 Å². The smallest absolute Gasteiger partial charge is 0.241 e. The summed E-state index contributed by atoms with van der Waals surface area (Å²) in [6.45, 7) is 2.29. The number of rotatable bonds is 7. The van der Waals surface area contributed by atoms with Crippen LogP contribution in [0.4, 0.5) is 0 Å². The first-order valence-corrected chi connectivity index (χ1v) is 11.5. The number of piperidine rings is 1. The van der Waals surface area contributed by atoms with Crippen LogP contribution in [0.1, 0.15) is 24.1 Å². The van der Waals surface area contributed by atoms with E-state index in [9.17, 15) is 4.79 Å². The lowest BCUT2D eigenvalue weighted by molar-refractivity contribution is -0.131. The number of likely N-dealkylation sites (tertiary alicyclic amines) is 1. The summed E-state index contributed by atoms with van der Waals surface area (Å²) in [5.41, 5.74) is 3.08. The molecule has 0 radical (unpaired) electrons. The van der Waals surface area contributed by atoms with Gasteiger partial charge in [-0.15, -0.1) is 0 Å². The Morgan fingerprint density at radius 3 is 2.45 bits per heavy atom. The molecule has 0 bridgehead atoms. The number of hydrogen-bond donors (Lipinski definition) is 2. The zero-order valence-corrected chi connectivity index (χ0v) is 19.0. The molecule has 2 heterocycles. The third-order valence-corrected chi connectivity index (χ3v) is 5.97. The van der Waals surface area contributed by atoms with Crippen LogP contribution < -0.4 is 10.6 Å². The van der Waals surface area contributed by atoms with Crippen molar-refractivity contribution in [1.82, 2.24) is 20.5 Å². The predicted octanol–water partition coefficient (Wildman–Crippen LogP) is 3.49. The summed E-state index contributed by atoms with van der Waals surface area (Å²) in [6, 6.07) is 20.4.